The first-order chi connectivity index (χ1) is 6.23. The number of hydrogen-bond acceptors (Lipinski definition) is 3. The molecule has 0 radical (unpaired) electrons. The second kappa shape index (κ2) is 3.16. The van der Waals surface area contributed by atoms with Crippen molar-refractivity contribution in [1.82, 2.24) is 0 Å². The van der Waals surface area contributed by atoms with Gasteiger partial charge in [0.15, 0.2) is 0 Å². The van der Waals surface area contributed by atoms with Gasteiger partial charge in [0.2, 0.25) is 0 Å². The van der Waals surface area contributed by atoms with Gasteiger partial charge in [0.1, 0.15) is 0 Å². The van der Waals surface area contributed by atoms with Crippen molar-refractivity contribution in [2.24, 2.45) is 0 Å². The van der Waals surface area contributed by atoms with Crippen LogP contribution in [0.1, 0.15) is 31.4 Å². The van der Waals surface area contributed by atoms with Crippen LogP contribution in [-0.2, 0) is 4.74 Å². The average Bonchev–Trinajstić information content (AvgIpc) is 2.73. The second-order valence-electron chi connectivity index (χ2n) is 3.81. The normalized spacial score (nSPS) is 33.8. The van der Waals surface area contributed by atoms with Gasteiger partial charge in [-0.15, -0.1) is 0 Å². The predicted molar refractivity (Wildman–Crippen MR) is 47.3 cm³/mol. The van der Waals surface area contributed by atoms with E-state index >= 15 is 0 Å². The third-order valence-corrected chi connectivity index (χ3v) is 2.61. The maximum absolute atomic E-state index is 9.09. The lowest BCUT2D eigenvalue weighted by atomic mass is 10.0. The van der Waals surface area contributed by atoms with E-state index in [0.717, 1.165) is 18.4 Å². The summed E-state index contributed by atoms with van der Waals surface area (Å²) in [6, 6.07) is 1.91. The molecule has 2 heterocycles. The van der Waals surface area contributed by atoms with E-state index in [4.69, 9.17) is 14.3 Å². The van der Waals surface area contributed by atoms with Gasteiger partial charge in [-0.1, -0.05) is 0 Å². The van der Waals surface area contributed by atoms with Crippen LogP contribution in [0.3, 0.4) is 0 Å². The van der Waals surface area contributed by atoms with Gasteiger partial charge in [-0.25, -0.2) is 0 Å². The Morgan fingerprint density at radius 2 is 2.54 bits per heavy atom. The summed E-state index contributed by atoms with van der Waals surface area (Å²) in [5.74, 6) is 0. The molecule has 1 saturated heterocycles. The van der Waals surface area contributed by atoms with Crippen LogP contribution in [-0.4, -0.2) is 17.3 Å². The van der Waals surface area contributed by atoms with Crippen molar-refractivity contribution >= 4 is 0 Å². The molecule has 0 amide bonds. The van der Waals surface area contributed by atoms with E-state index in [9.17, 15) is 0 Å². The van der Waals surface area contributed by atoms with Gasteiger partial charge in [-0.05, 0) is 25.8 Å². The molecule has 1 aromatic rings. The van der Waals surface area contributed by atoms with E-state index in [1.165, 1.54) is 0 Å². The summed E-state index contributed by atoms with van der Waals surface area (Å²) in [5.41, 5.74) is 0.708. The zero-order valence-corrected chi connectivity index (χ0v) is 7.69. The van der Waals surface area contributed by atoms with Crippen LogP contribution in [0.2, 0.25) is 0 Å². The summed E-state index contributed by atoms with van der Waals surface area (Å²) in [7, 11) is 0. The minimum absolute atomic E-state index is 0.0847. The van der Waals surface area contributed by atoms with Crippen LogP contribution in [0.5, 0.6) is 0 Å². The molecule has 2 atom stereocenters. The van der Waals surface area contributed by atoms with E-state index in [-0.39, 0.29) is 18.3 Å². The summed E-state index contributed by atoms with van der Waals surface area (Å²) in [6.07, 6.45) is 5.30. The minimum atomic E-state index is -0.359. The minimum Gasteiger partial charge on any atom is -0.472 e. The monoisotopic (exact) mass is 182 g/mol. The summed E-state index contributed by atoms with van der Waals surface area (Å²) >= 11 is 0. The fourth-order valence-electron chi connectivity index (χ4n) is 1.71. The number of furan rings is 1. The van der Waals surface area contributed by atoms with Crippen molar-refractivity contribution in [1.29, 1.82) is 0 Å². The Bertz CT molecular complexity index is 268. The van der Waals surface area contributed by atoms with Crippen LogP contribution >= 0.6 is 0 Å². The van der Waals surface area contributed by atoms with Crippen molar-refractivity contribution in [3.8, 4) is 0 Å². The molecule has 0 bridgehead atoms. The molecular formula is C10H14O3. The topological polar surface area (TPSA) is 42.6 Å². The Morgan fingerprint density at radius 1 is 1.69 bits per heavy atom. The first kappa shape index (κ1) is 8.78. The van der Waals surface area contributed by atoms with Crippen molar-refractivity contribution in [2.45, 2.75) is 31.5 Å². The van der Waals surface area contributed by atoms with Gasteiger partial charge < -0.3 is 14.3 Å². The standard InChI is InChI=1S/C10H14O3/c1-10(7-11)4-2-9(13-10)8-3-5-12-6-8/h3,5-6,9,11H,2,4,7H2,1H3/t9-,10-/m0/s1. The van der Waals surface area contributed by atoms with E-state index in [1.54, 1.807) is 12.5 Å². The molecular weight excluding hydrogens is 168 g/mol. The Balaban J connectivity index is 2.07. The molecule has 3 heteroatoms. The highest BCUT2D eigenvalue weighted by Crippen LogP contribution is 2.38. The lowest BCUT2D eigenvalue weighted by Gasteiger charge is -2.21. The van der Waals surface area contributed by atoms with E-state index in [0.29, 0.717) is 0 Å². The molecule has 1 aliphatic heterocycles. The van der Waals surface area contributed by atoms with Crippen LogP contribution < -0.4 is 0 Å². The van der Waals surface area contributed by atoms with Crippen LogP contribution in [0, 0.1) is 0 Å². The molecule has 13 heavy (non-hydrogen) atoms. The molecule has 0 aliphatic carbocycles. The van der Waals surface area contributed by atoms with Gasteiger partial charge in [0, 0.05) is 5.56 Å². The van der Waals surface area contributed by atoms with Gasteiger partial charge in [0.05, 0.1) is 30.8 Å². The van der Waals surface area contributed by atoms with Crippen molar-refractivity contribution in [2.75, 3.05) is 6.61 Å². The predicted octanol–water partition coefficient (Wildman–Crippen LogP) is 1.88. The summed E-state index contributed by atoms with van der Waals surface area (Å²) < 4.78 is 10.7. The third kappa shape index (κ3) is 1.62. The van der Waals surface area contributed by atoms with Crippen LogP contribution in [0.25, 0.3) is 0 Å². The van der Waals surface area contributed by atoms with Crippen molar-refractivity contribution in [3.63, 3.8) is 0 Å². The van der Waals surface area contributed by atoms with Gasteiger partial charge in [0.25, 0.3) is 0 Å². The highest BCUT2D eigenvalue weighted by molar-refractivity contribution is 5.11. The SMILES string of the molecule is C[C@@]1(CO)CC[C@@H](c2ccoc2)O1. The molecule has 1 fully saturated rings. The third-order valence-electron chi connectivity index (χ3n) is 2.61. The summed E-state index contributed by atoms with van der Waals surface area (Å²) in [6.45, 7) is 2.02. The Morgan fingerprint density at radius 3 is 3.08 bits per heavy atom. The quantitative estimate of drug-likeness (QED) is 0.759. The fourth-order valence-corrected chi connectivity index (χ4v) is 1.71. The molecule has 1 aliphatic rings. The Kier molecular flexibility index (Phi) is 2.14. The van der Waals surface area contributed by atoms with E-state index in [1.807, 2.05) is 13.0 Å². The Labute approximate surface area is 77.3 Å². The largest absolute Gasteiger partial charge is 0.472 e. The van der Waals surface area contributed by atoms with Crippen molar-refractivity contribution in [3.05, 3.63) is 24.2 Å². The molecule has 0 spiro atoms. The number of aliphatic hydroxyl groups excluding tert-OH is 1. The number of hydrogen-bond donors (Lipinski definition) is 1. The number of ether oxygens (including phenoxy) is 1. The van der Waals surface area contributed by atoms with Gasteiger partial charge in [-0.3, -0.25) is 0 Å². The molecule has 2 rings (SSSR count). The number of aliphatic hydroxyl groups is 1. The molecule has 0 aromatic carbocycles. The highest BCUT2D eigenvalue weighted by atomic mass is 16.5. The maximum atomic E-state index is 9.09. The second-order valence-corrected chi connectivity index (χ2v) is 3.81. The zero-order chi connectivity index (χ0) is 9.31. The molecule has 72 valence electrons. The lowest BCUT2D eigenvalue weighted by molar-refractivity contribution is -0.0619. The average molecular weight is 182 g/mol. The fraction of sp³-hybridized carbons (Fsp3) is 0.600. The van der Waals surface area contributed by atoms with Crippen LogP contribution in [0.15, 0.2) is 23.0 Å². The first-order valence-corrected chi connectivity index (χ1v) is 4.54. The molecule has 1 aromatic heterocycles. The van der Waals surface area contributed by atoms with E-state index in [2.05, 4.69) is 0 Å². The van der Waals surface area contributed by atoms with E-state index < -0.39 is 0 Å². The van der Waals surface area contributed by atoms with Gasteiger partial charge in [-0.2, -0.15) is 0 Å². The highest BCUT2D eigenvalue weighted by Gasteiger charge is 2.36. The Hall–Kier alpha value is -0.800. The summed E-state index contributed by atoms with van der Waals surface area (Å²) in [4.78, 5) is 0. The molecule has 3 nitrogen and oxygen atoms in total. The number of rotatable bonds is 2. The molecule has 1 N–H and O–H groups in total. The van der Waals surface area contributed by atoms with Crippen molar-refractivity contribution < 1.29 is 14.3 Å². The van der Waals surface area contributed by atoms with Gasteiger partial charge >= 0.3 is 0 Å². The smallest absolute Gasteiger partial charge is 0.0960 e. The van der Waals surface area contributed by atoms with Crippen LogP contribution in [0.4, 0.5) is 0 Å². The lowest BCUT2D eigenvalue weighted by Crippen LogP contribution is -2.27. The molecule has 0 saturated carbocycles. The molecule has 0 unspecified atom stereocenters. The zero-order valence-electron chi connectivity index (χ0n) is 7.69. The first-order valence-electron chi connectivity index (χ1n) is 4.54. The summed E-state index contributed by atoms with van der Waals surface area (Å²) in [5, 5.41) is 9.09. The maximum Gasteiger partial charge on any atom is 0.0960 e.